The number of hydrogen-bond donors (Lipinski definition) is 2. The van der Waals surface area contributed by atoms with E-state index in [0.29, 0.717) is 26.1 Å². The van der Waals surface area contributed by atoms with E-state index < -0.39 is 6.09 Å². The first-order valence-electron chi connectivity index (χ1n) is 9.27. The van der Waals surface area contributed by atoms with Gasteiger partial charge in [-0.25, -0.2) is 4.79 Å². The molecular weight excluding hydrogens is 348 g/mol. The van der Waals surface area contributed by atoms with Crippen LogP contribution in [0.25, 0.3) is 0 Å². The van der Waals surface area contributed by atoms with Crippen molar-refractivity contribution in [1.82, 2.24) is 20.4 Å². The van der Waals surface area contributed by atoms with Crippen molar-refractivity contribution in [2.24, 2.45) is 0 Å². The number of rotatable bonds is 7. The van der Waals surface area contributed by atoms with E-state index >= 15 is 0 Å². The van der Waals surface area contributed by atoms with Crippen LogP contribution in [0.4, 0.5) is 4.79 Å². The number of likely N-dealkylation sites (N-methyl/N-ethyl adjacent to an activating group) is 1. The summed E-state index contributed by atoms with van der Waals surface area (Å²) in [5.74, 6) is -0.262. The van der Waals surface area contributed by atoms with Gasteiger partial charge in [-0.3, -0.25) is 19.4 Å². The molecule has 146 valence electrons. The van der Waals surface area contributed by atoms with Crippen LogP contribution in [0.5, 0.6) is 0 Å². The molecule has 0 aromatic heterocycles. The van der Waals surface area contributed by atoms with Gasteiger partial charge in [0.1, 0.15) is 13.2 Å². The van der Waals surface area contributed by atoms with Crippen LogP contribution in [0.15, 0.2) is 30.3 Å². The average Bonchev–Trinajstić information content (AvgIpc) is 3.26. The number of ether oxygens (including phenoxy) is 1. The van der Waals surface area contributed by atoms with Crippen LogP contribution in [0.3, 0.4) is 0 Å². The fourth-order valence-electron chi connectivity index (χ4n) is 3.63. The number of carbonyl (C=O) groups excluding carboxylic acids is 3. The molecule has 8 heteroatoms. The van der Waals surface area contributed by atoms with Crippen LogP contribution in [0.1, 0.15) is 12.0 Å². The number of nitrogens with zero attached hydrogens (tertiary/aromatic N) is 2. The minimum Gasteiger partial charge on any atom is -0.448 e. The first-order chi connectivity index (χ1) is 13.1. The molecule has 0 saturated carbocycles. The summed E-state index contributed by atoms with van der Waals surface area (Å²) in [5.41, 5.74) is 1.22. The lowest BCUT2D eigenvalue weighted by Crippen LogP contribution is -2.43. The molecule has 0 unspecified atom stereocenters. The first kappa shape index (κ1) is 19.2. The Balaban J connectivity index is 1.54. The van der Waals surface area contributed by atoms with E-state index in [1.54, 1.807) is 7.05 Å². The molecule has 0 spiro atoms. The predicted octanol–water partition coefficient (Wildman–Crippen LogP) is -0.0136. The average molecular weight is 374 g/mol. The van der Waals surface area contributed by atoms with Gasteiger partial charge in [-0.1, -0.05) is 30.3 Å². The van der Waals surface area contributed by atoms with Crippen molar-refractivity contribution >= 4 is 17.9 Å². The molecule has 1 aromatic rings. The highest BCUT2D eigenvalue weighted by Crippen LogP contribution is 2.19. The van der Waals surface area contributed by atoms with Gasteiger partial charge in [0.25, 0.3) is 0 Å². The van der Waals surface area contributed by atoms with E-state index in [2.05, 4.69) is 27.7 Å². The minimum absolute atomic E-state index is 0.00993. The van der Waals surface area contributed by atoms with Crippen molar-refractivity contribution in [3.8, 4) is 0 Å². The first-order valence-corrected chi connectivity index (χ1v) is 9.27. The Labute approximate surface area is 158 Å². The van der Waals surface area contributed by atoms with Crippen molar-refractivity contribution in [1.29, 1.82) is 0 Å². The van der Waals surface area contributed by atoms with Gasteiger partial charge in [0, 0.05) is 26.2 Å². The molecule has 2 atom stereocenters. The number of hydrogen-bond acceptors (Lipinski definition) is 5. The number of carbonyl (C=O) groups is 3. The van der Waals surface area contributed by atoms with Gasteiger partial charge in [0.15, 0.2) is 0 Å². The second-order valence-electron chi connectivity index (χ2n) is 6.90. The Hall–Kier alpha value is -2.61. The topological polar surface area (TPSA) is 91.0 Å². The minimum atomic E-state index is -0.454. The molecule has 2 saturated heterocycles. The lowest BCUT2D eigenvalue weighted by atomic mass is 10.1. The predicted molar refractivity (Wildman–Crippen MR) is 99.0 cm³/mol. The molecule has 2 aliphatic rings. The maximum atomic E-state index is 12.3. The Kier molecular flexibility index (Phi) is 6.28. The second-order valence-corrected chi connectivity index (χ2v) is 6.90. The fourth-order valence-corrected chi connectivity index (χ4v) is 3.63. The molecular formula is C19H26N4O4. The van der Waals surface area contributed by atoms with Crippen molar-refractivity contribution in [2.45, 2.75) is 24.9 Å². The molecule has 27 heavy (non-hydrogen) atoms. The van der Waals surface area contributed by atoms with Crippen LogP contribution in [0, 0.1) is 0 Å². The van der Waals surface area contributed by atoms with Crippen LogP contribution < -0.4 is 10.6 Å². The summed E-state index contributed by atoms with van der Waals surface area (Å²) in [6.45, 7) is 2.10. The molecule has 0 bridgehead atoms. The summed E-state index contributed by atoms with van der Waals surface area (Å²) in [4.78, 5) is 39.5. The number of amides is 3. The molecule has 2 heterocycles. The molecule has 8 nitrogen and oxygen atoms in total. The molecule has 0 radical (unpaired) electrons. The van der Waals surface area contributed by atoms with E-state index in [-0.39, 0.29) is 30.4 Å². The monoisotopic (exact) mass is 374 g/mol. The van der Waals surface area contributed by atoms with Crippen molar-refractivity contribution in [3.05, 3.63) is 35.9 Å². The zero-order valence-electron chi connectivity index (χ0n) is 15.5. The fraction of sp³-hybridized carbons (Fsp3) is 0.526. The highest BCUT2D eigenvalue weighted by Gasteiger charge is 2.37. The normalized spacial score (nSPS) is 22.6. The van der Waals surface area contributed by atoms with Crippen molar-refractivity contribution < 1.29 is 19.1 Å². The summed E-state index contributed by atoms with van der Waals surface area (Å²) in [6, 6.07) is 9.74. The van der Waals surface area contributed by atoms with Gasteiger partial charge in [-0.15, -0.1) is 0 Å². The highest BCUT2D eigenvalue weighted by molar-refractivity contribution is 5.84. The number of cyclic esters (lactones) is 1. The maximum Gasteiger partial charge on any atom is 0.410 e. The van der Waals surface area contributed by atoms with Gasteiger partial charge in [0.05, 0.1) is 12.6 Å². The smallest absolute Gasteiger partial charge is 0.410 e. The molecule has 2 N–H and O–H groups in total. The highest BCUT2D eigenvalue weighted by atomic mass is 16.6. The Morgan fingerprint density at radius 3 is 2.70 bits per heavy atom. The summed E-state index contributed by atoms with van der Waals surface area (Å²) in [6.07, 6.45) is 0.948. The summed E-state index contributed by atoms with van der Waals surface area (Å²) in [5, 5.41) is 5.66. The third kappa shape index (κ3) is 4.97. The van der Waals surface area contributed by atoms with Crippen molar-refractivity contribution in [2.75, 3.05) is 39.8 Å². The van der Waals surface area contributed by atoms with Gasteiger partial charge >= 0.3 is 6.09 Å². The van der Waals surface area contributed by atoms with Gasteiger partial charge in [-0.05, 0) is 18.4 Å². The largest absolute Gasteiger partial charge is 0.448 e. The number of nitrogens with one attached hydrogen (secondary N) is 2. The molecule has 2 aliphatic heterocycles. The Morgan fingerprint density at radius 2 is 2.04 bits per heavy atom. The van der Waals surface area contributed by atoms with E-state index in [1.807, 2.05) is 18.2 Å². The molecule has 0 aliphatic carbocycles. The van der Waals surface area contributed by atoms with Gasteiger partial charge in [0.2, 0.25) is 11.8 Å². The second kappa shape index (κ2) is 8.85. The molecule has 3 amide bonds. The molecule has 2 fully saturated rings. The Bertz CT molecular complexity index is 682. The van der Waals surface area contributed by atoms with Gasteiger partial charge < -0.3 is 15.4 Å². The van der Waals surface area contributed by atoms with Crippen LogP contribution in [-0.4, -0.2) is 79.6 Å². The van der Waals surface area contributed by atoms with E-state index in [9.17, 15) is 14.4 Å². The maximum absolute atomic E-state index is 12.3. The molecule has 3 rings (SSSR count). The zero-order valence-corrected chi connectivity index (χ0v) is 15.5. The Morgan fingerprint density at radius 1 is 1.26 bits per heavy atom. The zero-order chi connectivity index (χ0) is 19.2. The third-order valence-electron chi connectivity index (χ3n) is 5.03. The summed E-state index contributed by atoms with van der Waals surface area (Å²) >= 11 is 0. The lowest BCUT2D eigenvalue weighted by Gasteiger charge is -2.22. The number of benzene rings is 1. The standard InChI is InChI=1S/C19H26N4O4/c1-20-18(25)16-11-15(21-17(24)13-23-9-10-27-19(23)26)12-22(16)8-7-14-5-3-2-4-6-14/h2-6,15-16H,7-13H2,1H3,(H,20,25)(H,21,24)/t15-,16+/m1/s1. The molecule has 1 aromatic carbocycles. The SMILES string of the molecule is CNC(=O)[C@@H]1C[C@@H](NC(=O)CN2CCOC2=O)CN1CCc1ccccc1. The quantitative estimate of drug-likeness (QED) is 0.700. The number of likely N-dealkylation sites (tertiary alicyclic amines) is 1. The van der Waals surface area contributed by atoms with Gasteiger partial charge in [-0.2, -0.15) is 0 Å². The van der Waals surface area contributed by atoms with E-state index in [1.165, 1.54) is 10.5 Å². The third-order valence-corrected chi connectivity index (χ3v) is 5.03. The van der Waals surface area contributed by atoms with E-state index in [0.717, 1.165) is 13.0 Å². The summed E-state index contributed by atoms with van der Waals surface area (Å²) in [7, 11) is 1.63. The van der Waals surface area contributed by atoms with E-state index in [4.69, 9.17) is 4.74 Å². The van der Waals surface area contributed by atoms with Crippen LogP contribution >= 0.6 is 0 Å². The summed E-state index contributed by atoms with van der Waals surface area (Å²) < 4.78 is 4.84. The van der Waals surface area contributed by atoms with Crippen molar-refractivity contribution in [3.63, 3.8) is 0 Å². The van der Waals surface area contributed by atoms with Crippen LogP contribution in [0.2, 0.25) is 0 Å². The van der Waals surface area contributed by atoms with Crippen LogP contribution in [-0.2, 0) is 20.7 Å². The lowest BCUT2D eigenvalue weighted by molar-refractivity contribution is -0.125.